The second-order valence-electron chi connectivity index (χ2n) is 6.30. The summed E-state index contributed by atoms with van der Waals surface area (Å²) in [6.45, 7) is 0.632. The molecule has 0 radical (unpaired) electrons. The number of aromatic nitrogens is 1. The van der Waals surface area contributed by atoms with Crippen molar-refractivity contribution < 1.29 is 14.7 Å². The fourth-order valence-electron chi connectivity index (χ4n) is 3.42. The first kappa shape index (κ1) is 15.6. The van der Waals surface area contributed by atoms with Crippen molar-refractivity contribution in [2.24, 2.45) is 11.8 Å². The Balaban J connectivity index is 1.43. The highest BCUT2D eigenvalue weighted by molar-refractivity contribution is 5.83. The van der Waals surface area contributed by atoms with Gasteiger partial charge in [0.25, 0.3) is 0 Å². The lowest BCUT2D eigenvalue weighted by Crippen LogP contribution is -2.30. The van der Waals surface area contributed by atoms with Gasteiger partial charge >= 0.3 is 5.97 Å². The number of nitrogens with one attached hydrogen (secondary N) is 2. The SMILES string of the molecule is O=C(O)[C@@H]1CC[C@H](C(=O)NCCCc2c[nH]c3ccccc23)C1. The number of carbonyl (C=O) groups excluding carboxylic acids is 1. The van der Waals surface area contributed by atoms with Crippen LogP contribution in [0.1, 0.15) is 31.2 Å². The second kappa shape index (κ2) is 6.86. The number of fused-ring (bicyclic) bond motifs is 1. The number of amides is 1. The average Bonchev–Trinajstić information content (AvgIpc) is 3.19. The molecule has 0 bridgehead atoms. The van der Waals surface area contributed by atoms with Crippen LogP contribution in [0.5, 0.6) is 0 Å². The second-order valence-corrected chi connectivity index (χ2v) is 6.30. The molecule has 0 spiro atoms. The van der Waals surface area contributed by atoms with E-state index in [-0.39, 0.29) is 17.7 Å². The first-order valence-corrected chi connectivity index (χ1v) is 8.20. The highest BCUT2D eigenvalue weighted by Crippen LogP contribution is 2.31. The molecule has 5 nitrogen and oxygen atoms in total. The van der Waals surface area contributed by atoms with Crippen LogP contribution < -0.4 is 5.32 Å². The van der Waals surface area contributed by atoms with Gasteiger partial charge in [-0.25, -0.2) is 0 Å². The Morgan fingerprint density at radius 1 is 1.22 bits per heavy atom. The van der Waals surface area contributed by atoms with Gasteiger partial charge in [0, 0.05) is 29.6 Å². The summed E-state index contributed by atoms with van der Waals surface area (Å²) >= 11 is 0. The molecule has 1 saturated carbocycles. The summed E-state index contributed by atoms with van der Waals surface area (Å²) in [5.41, 5.74) is 2.40. The van der Waals surface area contributed by atoms with Gasteiger partial charge < -0.3 is 15.4 Å². The Morgan fingerprint density at radius 2 is 2.00 bits per heavy atom. The molecule has 2 aromatic rings. The Bertz CT molecular complexity index is 707. The topological polar surface area (TPSA) is 82.2 Å². The van der Waals surface area contributed by atoms with E-state index in [1.807, 2.05) is 18.3 Å². The third-order valence-electron chi connectivity index (χ3n) is 4.75. The summed E-state index contributed by atoms with van der Waals surface area (Å²) in [5, 5.41) is 13.2. The zero-order chi connectivity index (χ0) is 16.2. The van der Waals surface area contributed by atoms with Crippen LogP contribution in [-0.2, 0) is 16.0 Å². The van der Waals surface area contributed by atoms with E-state index in [4.69, 9.17) is 5.11 Å². The largest absolute Gasteiger partial charge is 0.481 e. The number of aryl methyl sites for hydroxylation is 1. The molecule has 1 aliphatic carbocycles. The Hall–Kier alpha value is -2.30. The highest BCUT2D eigenvalue weighted by atomic mass is 16.4. The number of para-hydroxylation sites is 1. The highest BCUT2D eigenvalue weighted by Gasteiger charge is 2.33. The monoisotopic (exact) mass is 314 g/mol. The molecule has 0 saturated heterocycles. The number of aliphatic carboxylic acids is 1. The molecule has 3 N–H and O–H groups in total. The van der Waals surface area contributed by atoms with Gasteiger partial charge in [0.1, 0.15) is 0 Å². The molecule has 1 heterocycles. The van der Waals surface area contributed by atoms with Crippen LogP contribution in [0.25, 0.3) is 10.9 Å². The van der Waals surface area contributed by atoms with Gasteiger partial charge in [0.2, 0.25) is 5.91 Å². The van der Waals surface area contributed by atoms with Crippen molar-refractivity contribution >= 4 is 22.8 Å². The quantitative estimate of drug-likeness (QED) is 0.717. The Morgan fingerprint density at radius 3 is 2.78 bits per heavy atom. The summed E-state index contributed by atoms with van der Waals surface area (Å²) in [4.78, 5) is 26.3. The average molecular weight is 314 g/mol. The van der Waals surface area contributed by atoms with Gasteiger partial charge in [-0.1, -0.05) is 18.2 Å². The molecule has 1 fully saturated rings. The smallest absolute Gasteiger partial charge is 0.306 e. The van der Waals surface area contributed by atoms with E-state index in [2.05, 4.69) is 22.4 Å². The van der Waals surface area contributed by atoms with Crippen LogP contribution in [-0.4, -0.2) is 28.5 Å². The van der Waals surface area contributed by atoms with E-state index >= 15 is 0 Å². The van der Waals surface area contributed by atoms with Crippen molar-refractivity contribution in [1.82, 2.24) is 10.3 Å². The summed E-state index contributed by atoms with van der Waals surface area (Å²) < 4.78 is 0. The zero-order valence-corrected chi connectivity index (χ0v) is 13.0. The van der Waals surface area contributed by atoms with Crippen LogP contribution in [0.2, 0.25) is 0 Å². The lowest BCUT2D eigenvalue weighted by Gasteiger charge is -2.10. The van der Waals surface area contributed by atoms with Gasteiger partial charge in [-0.2, -0.15) is 0 Å². The van der Waals surface area contributed by atoms with E-state index in [1.165, 1.54) is 10.9 Å². The molecule has 1 aromatic carbocycles. The number of hydrogen-bond donors (Lipinski definition) is 3. The van der Waals surface area contributed by atoms with E-state index in [0.717, 1.165) is 18.4 Å². The predicted octanol–water partition coefficient (Wildman–Crippen LogP) is 2.72. The summed E-state index contributed by atoms with van der Waals surface area (Å²) in [7, 11) is 0. The molecule has 1 amide bonds. The number of benzene rings is 1. The minimum absolute atomic E-state index is 0.00711. The molecular weight excluding hydrogens is 292 g/mol. The van der Waals surface area contributed by atoms with E-state index in [1.54, 1.807) is 0 Å². The molecule has 2 atom stereocenters. The number of aromatic amines is 1. The lowest BCUT2D eigenvalue weighted by molar-refractivity contribution is -0.141. The first-order chi connectivity index (χ1) is 11.1. The van der Waals surface area contributed by atoms with E-state index in [9.17, 15) is 9.59 Å². The number of carboxylic acids is 1. The standard InChI is InChI=1S/C18H22N2O3/c21-17(12-7-8-13(10-12)18(22)23)19-9-3-4-14-11-20-16-6-2-1-5-15(14)16/h1-2,5-6,11-13,20H,3-4,7-10H2,(H,19,21)(H,22,23)/t12-,13+/m0/s1. The van der Waals surface area contributed by atoms with E-state index < -0.39 is 5.97 Å². The maximum atomic E-state index is 12.1. The molecule has 0 aliphatic heterocycles. The maximum absolute atomic E-state index is 12.1. The van der Waals surface area contributed by atoms with Crippen LogP contribution in [0.3, 0.4) is 0 Å². The number of carbonyl (C=O) groups is 2. The van der Waals surface area contributed by atoms with Crippen LogP contribution in [0.15, 0.2) is 30.5 Å². The molecule has 0 unspecified atom stereocenters. The molecule has 122 valence electrons. The van der Waals surface area contributed by atoms with E-state index in [0.29, 0.717) is 25.8 Å². The lowest BCUT2D eigenvalue weighted by atomic mass is 10.0. The minimum Gasteiger partial charge on any atom is -0.481 e. The van der Waals surface area contributed by atoms with Crippen LogP contribution >= 0.6 is 0 Å². The van der Waals surface area contributed by atoms with Gasteiger partial charge in [-0.15, -0.1) is 0 Å². The van der Waals surface area contributed by atoms with Crippen molar-refractivity contribution in [1.29, 1.82) is 0 Å². The van der Waals surface area contributed by atoms with Gasteiger partial charge in [-0.05, 0) is 43.7 Å². The summed E-state index contributed by atoms with van der Waals surface area (Å²) in [5.74, 6) is -1.26. The predicted molar refractivity (Wildman–Crippen MR) is 88.1 cm³/mol. The summed E-state index contributed by atoms with van der Waals surface area (Å²) in [6, 6.07) is 8.19. The molecule has 3 rings (SSSR count). The van der Waals surface area contributed by atoms with Crippen molar-refractivity contribution in [2.75, 3.05) is 6.54 Å². The first-order valence-electron chi connectivity index (χ1n) is 8.20. The normalized spacial score (nSPS) is 20.7. The molecule has 1 aliphatic rings. The van der Waals surface area contributed by atoms with Crippen molar-refractivity contribution in [3.8, 4) is 0 Å². The number of carboxylic acid groups (broad SMARTS) is 1. The molecular formula is C18H22N2O3. The Labute approximate surface area is 135 Å². The van der Waals surface area contributed by atoms with Crippen LogP contribution in [0.4, 0.5) is 0 Å². The van der Waals surface area contributed by atoms with Gasteiger partial charge in [-0.3, -0.25) is 9.59 Å². The maximum Gasteiger partial charge on any atom is 0.306 e. The fraction of sp³-hybridized carbons (Fsp3) is 0.444. The zero-order valence-electron chi connectivity index (χ0n) is 13.0. The summed E-state index contributed by atoms with van der Waals surface area (Å²) in [6.07, 6.45) is 5.59. The number of H-pyrrole nitrogens is 1. The van der Waals surface area contributed by atoms with Crippen molar-refractivity contribution in [3.63, 3.8) is 0 Å². The number of hydrogen-bond acceptors (Lipinski definition) is 2. The minimum atomic E-state index is -0.778. The Kier molecular flexibility index (Phi) is 4.65. The molecule has 1 aromatic heterocycles. The third kappa shape index (κ3) is 3.55. The van der Waals surface area contributed by atoms with Crippen molar-refractivity contribution in [3.05, 3.63) is 36.0 Å². The molecule has 5 heteroatoms. The van der Waals surface area contributed by atoms with Gasteiger partial charge in [0.05, 0.1) is 5.92 Å². The van der Waals surface area contributed by atoms with Crippen molar-refractivity contribution in [2.45, 2.75) is 32.1 Å². The van der Waals surface area contributed by atoms with Crippen LogP contribution in [0, 0.1) is 11.8 Å². The van der Waals surface area contributed by atoms with Gasteiger partial charge in [0.15, 0.2) is 0 Å². The third-order valence-corrected chi connectivity index (χ3v) is 4.75. The molecule has 23 heavy (non-hydrogen) atoms. The number of rotatable bonds is 6. The fourth-order valence-corrected chi connectivity index (χ4v) is 3.42.